The molecule has 0 aliphatic heterocycles. The Morgan fingerprint density at radius 2 is 1.90 bits per heavy atom. The Bertz CT molecular complexity index is 1260. The van der Waals surface area contributed by atoms with Gasteiger partial charge in [0.05, 0.1) is 27.9 Å². The highest BCUT2D eigenvalue weighted by Crippen LogP contribution is 2.28. The number of aryl methyl sites for hydroxylation is 1. The van der Waals surface area contributed by atoms with Crippen molar-refractivity contribution in [2.45, 2.75) is 17.6 Å². The molecule has 0 atom stereocenters. The summed E-state index contributed by atoms with van der Waals surface area (Å²) in [5.74, 6) is 0.573. The summed E-state index contributed by atoms with van der Waals surface area (Å²) in [4.78, 5) is 18.4. The normalized spacial score (nSPS) is 10.5. The Kier molecular flexibility index (Phi) is 6.46. The van der Waals surface area contributed by atoms with Crippen LogP contribution in [0.1, 0.15) is 26.5 Å². The minimum absolute atomic E-state index is 0.144. The van der Waals surface area contributed by atoms with Crippen LogP contribution in [0.2, 0.25) is 0 Å². The van der Waals surface area contributed by atoms with Gasteiger partial charge in [-0.15, -0.1) is 23.1 Å². The zero-order chi connectivity index (χ0) is 21.6. The van der Waals surface area contributed by atoms with Crippen LogP contribution in [0.15, 0.2) is 83.1 Å². The van der Waals surface area contributed by atoms with Crippen molar-refractivity contribution in [2.24, 2.45) is 0 Å². The summed E-state index contributed by atoms with van der Waals surface area (Å²) in [6, 6.07) is 25.0. The van der Waals surface area contributed by atoms with Crippen molar-refractivity contribution in [3.05, 3.63) is 99.9 Å². The topological polar surface area (TPSA) is 65.8 Å². The highest BCUT2D eigenvalue weighted by atomic mass is 32.2. The maximum atomic E-state index is 13.0. The summed E-state index contributed by atoms with van der Waals surface area (Å²) in [6.45, 7) is 1.98. The van der Waals surface area contributed by atoms with E-state index in [1.165, 1.54) is 0 Å². The number of thiazole rings is 1. The molecule has 0 fully saturated rings. The smallest absolute Gasteiger partial charge is 0.256 e. The molecular formula is C25H19N3OS2. The van der Waals surface area contributed by atoms with Crippen LogP contribution in [0.3, 0.4) is 0 Å². The molecule has 0 aliphatic carbocycles. The van der Waals surface area contributed by atoms with Crippen molar-refractivity contribution in [1.29, 1.82) is 5.26 Å². The van der Waals surface area contributed by atoms with E-state index >= 15 is 0 Å². The van der Waals surface area contributed by atoms with Crippen LogP contribution in [-0.2, 0) is 5.75 Å². The molecule has 4 nitrogen and oxygen atoms in total. The third-order valence-corrected chi connectivity index (χ3v) is 6.56. The van der Waals surface area contributed by atoms with E-state index in [0.717, 1.165) is 32.4 Å². The number of carbonyl (C=O) groups is 1. The van der Waals surface area contributed by atoms with Gasteiger partial charge in [0.2, 0.25) is 0 Å². The molecule has 0 bridgehead atoms. The summed E-state index contributed by atoms with van der Waals surface area (Å²) in [5, 5.41) is 15.0. The second kappa shape index (κ2) is 9.61. The van der Waals surface area contributed by atoms with E-state index in [9.17, 15) is 4.79 Å². The van der Waals surface area contributed by atoms with Crippen molar-refractivity contribution < 1.29 is 4.79 Å². The molecule has 0 spiro atoms. The molecule has 4 rings (SSSR count). The molecule has 31 heavy (non-hydrogen) atoms. The van der Waals surface area contributed by atoms with Crippen LogP contribution in [0, 0.1) is 18.3 Å². The second-order valence-electron chi connectivity index (χ2n) is 6.88. The molecule has 1 aromatic heterocycles. The lowest BCUT2D eigenvalue weighted by Crippen LogP contribution is -2.13. The molecule has 1 amide bonds. The number of aromatic nitrogens is 1. The third kappa shape index (κ3) is 5.21. The van der Waals surface area contributed by atoms with Gasteiger partial charge in [-0.1, -0.05) is 36.4 Å². The summed E-state index contributed by atoms with van der Waals surface area (Å²) < 4.78 is 0. The van der Waals surface area contributed by atoms with Crippen LogP contribution >= 0.6 is 23.1 Å². The van der Waals surface area contributed by atoms with Crippen molar-refractivity contribution in [3.63, 3.8) is 0 Å². The largest absolute Gasteiger partial charge is 0.322 e. The molecule has 1 heterocycles. The van der Waals surface area contributed by atoms with Gasteiger partial charge in [-0.3, -0.25) is 4.79 Å². The standard InChI is InChI=1S/C25H19N3OS2/c1-17-27-23(16-30-17)20-5-4-6-21(13-20)28-25(29)22-7-2-3-8-24(22)31-15-19-11-9-18(14-26)10-12-19/h2-13,16H,15H2,1H3,(H,28,29). The van der Waals surface area contributed by atoms with Gasteiger partial charge >= 0.3 is 0 Å². The molecular weight excluding hydrogens is 422 g/mol. The lowest BCUT2D eigenvalue weighted by molar-refractivity contribution is 0.102. The van der Waals surface area contributed by atoms with Gasteiger partial charge in [-0.25, -0.2) is 4.98 Å². The minimum Gasteiger partial charge on any atom is -0.322 e. The van der Waals surface area contributed by atoms with E-state index in [1.54, 1.807) is 23.1 Å². The number of anilines is 1. The van der Waals surface area contributed by atoms with Gasteiger partial charge < -0.3 is 5.32 Å². The number of carbonyl (C=O) groups excluding carboxylic acids is 1. The van der Waals surface area contributed by atoms with Gasteiger partial charge in [-0.2, -0.15) is 5.26 Å². The molecule has 152 valence electrons. The Labute approximate surface area is 189 Å². The molecule has 1 N–H and O–H groups in total. The Morgan fingerprint density at radius 1 is 1.10 bits per heavy atom. The van der Waals surface area contributed by atoms with Gasteiger partial charge in [0, 0.05) is 27.3 Å². The van der Waals surface area contributed by atoms with Crippen molar-refractivity contribution in [3.8, 4) is 17.3 Å². The third-order valence-electron chi connectivity index (χ3n) is 4.64. The number of nitrogens with zero attached hydrogens (tertiary/aromatic N) is 2. The van der Waals surface area contributed by atoms with Crippen LogP contribution in [0.5, 0.6) is 0 Å². The maximum absolute atomic E-state index is 13.0. The molecule has 6 heteroatoms. The van der Waals surface area contributed by atoms with Crippen LogP contribution in [-0.4, -0.2) is 10.9 Å². The predicted octanol–water partition coefficient (Wildman–Crippen LogP) is 6.53. The van der Waals surface area contributed by atoms with Crippen LogP contribution < -0.4 is 5.32 Å². The number of nitriles is 1. The van der Waals surface area contributed by atoms with Crippen molar-refractivity contribution in [1.82, 2.24) is 4.98 Å². The zero-order valence-corrected chi connectivity index (χ0v) is 18.5. The minimum atomic E-state index is -0.144. The highest BCUT2D eigenvalue weighted by molar-refractivity contribution is 7.98. The molecule has 0 saturated carbocycles. The zero-order valence-electron chi connectivity index (χ0n) is 16.8. The van der Waals surface area contributed by atoms with Crippen LogP contribution in [0.25, 0.3) is 11.3 Å². The van der Waals surface area contributed by atoms with Crippen molar-refractivity contribution >= 4 is 34.7 Å². The molecule has 3 aromatic carbocycles. The van der Waals surface area contributed by atoms with Gasteiger partial charge in [0.15, 0.2) is 0 Å². The van der Waals surface area contributed by atoms with E-state index in [1.807, 2.05) is 85.1 Å². The summed E-state index contributed by atoms with van der Waals surface area (Å²) in [5.41, 5.74) is 5.01. The first-order chi connectivity index (χ1) is 15.1. The van der Waals surface area contributed by atoms with Gasteiger partial charge in [-0.05, 0) is 48.9 Å². The van der Waals surface area contributed by atoms with Gasteiger partial charge in [0.25, 0.3) is 5.91 Å². The van der Waals surface area contributed by atoms with E-state index in [-0.39, 0.29) is 5.91 Å². The van der Waals surface area contributed by atoms with E-state index in [4.69, 9.17) is 5.26 Å². The fraction of sp³-hybridized carbons (Fsp3) is 0.0800. The lowest BCUT2D eigenvalue weighted by Gasteiger charge is -2.11. The summed E-state index contributed by atoms with van der Waals surface area (Å²) in [7, 11) is 0. The Balaban J connectivity index is 1.48. The molecule has 4 aromatic rings. The average Bonchev–Trinajstić information content (AvgIpc) is 3.25. The molecule has 0 radical (unpaired) electrons. The number of amides is 1. The first-order valence-electron chi connectivity index (χ1n) is 9.67. The fourth-order valence-electron chi connectivity index (χ4n) is 3.07. The van der Waals surface area contributed by atoms with Crippen molar-refractivity contribution in [2.75, 3.05) is 5.32 Å². The Morgan fingerprint density at radius 3 is 2.65 bits per heavy atom. The molecule has 0 saturated heterocycles. The number of hydrogen-bond donors (Lipinski definition) is 1. The number of nitrogens with one attached hydrogen (secondary N) is 1. The van der Waals surface area contributed by atoms with Crippen LogP contribution in [0.4, 0.5) is 5.69 Å². The molecule has 0 aliphatic rings. The molecule has 0 unspecified atom stereocenters. The summed E-state index contributed by atoms with van der Waals surface area (Å²) >= 11 is 3.21. The number of hydrogen-bond acceptors (Lipinski definition) is 5. The maximum Gasteiger partial charge on any atom is 0.256 e. The van der Waals surface area contributed by atoms with E-state index in [0.29, 0.717) is 16.9 Å². The lowest BCUT2D eigenvalue weighted by atomic mass is 10.1. The SMILES string of the molecule is Cc1nc(-c2cccc(NC(=O)c3ccccc3SCc3ccc(C#N)cc3)c2)cs1. The van der Waals surface area contributed by atoms with Gasteiger partial charge in [0.1, 0.15) is 0 Å². The first-order valence-corrected chi connectivity index (χ1v) is 11.5. The second-order valence-corrected chi connectivity index (χ2v) is 8.96. The number of rotatable bonds is 6. The fourth-order valence-corrected chi connectivity index (χ4v) is 4.70. The predicted molar refractivity (Wildman–Crippen MR) is 127 cm³/mol. The monoisotopic (exact) mass is 441 g/mol. The summed E-state index contributed by atoms with van der Waals surface area (Å²) in [6.07, 6.45) is 0. The number of benzene rings is 3. The average molecular weight is 442 g/mol. The first kappa shape index (κ1) is 20.9. The Hall–Kier alpha value is -3.40. The van der Waals surface area contributed by atoms with E-state index in [2.05, 4.69) is 16.4 Å². The quantitative estimate of drug-likeness (QED) is 0.345. The number of thioether (sulfide) groups is 1. The van der Waals surface area contributed by atoms with E-state index < -0.39 is 0 Å². The highest BCUT2D eigenvalue weighted by Gasteiger charge is 2.13.